The van der Waals surface area contributed by atoms with Gasteiger partial charge in [-0.3, -0.25) is 9.59 Å². The van der Waals surface area contributed by atoms with E-state index >= 15 is 0 Å². The third-order valence-electron chi connectivity index (χ3n) is 3.39. The van der Waals surface area contributed by atoms with Crippen LogP contribution in [0.4, 0.5) is 0 Å². The van der Waals surface area contributed by atoms with Gasteiger partial charge in [-0.05, 0) is 25.2 Å². The van der Waals surface area contributed by atoms with E-state index in [1.54, 1.807) is 0 Å². The van der Waals surface area contributed by atoms with Crippen molar-refractivity contribution in [2.24, 2.45) is 11.8 Å². The molecule has 0 aliphatic carbocycles. The minimum Gasteiger partial charge on any atom is -0.381 e. The minimum atomic E-state index is 0.139. The standard InChI is InChI=1S/C17H32O3/c1-14(2)10-12-20-13-11-16(18)8-6-5-7-9-17(19)15(3)4/h14-15H,5-13H2,1-4H3. The van der Waals surface area contributed by atoms with E-state index in [1.807, 2.05) is 13.8 Å². The molecule has 0 heterocycles. The molecule has 0 saturated carbocycles. The second-order valence-corrected chi connectivity index (χ2v) is 6.27. The van der Waals surface area contributed by atoms with E-state index in [1.165, 1.54) is 0 Å². The van der Waals surface area contributed by atoms with E-state index in [-0.39, 0.29) is 11.7 Å². The molecule has 0 aliphatic rings. The fourth-order valence-electron chi connectivity index (χ4n) is 1.82. The quantitative estimate of drug-likeness (QED) is 0.476. The lowest BCUT2D eigenvalue weighted by molar-refractivity contribution is -0.122. The number of Topliss-reactive ketones (excluding diaryl/α,β-unsaturated/α-hetero) is 2. The van der Waals surface area contributed by atoms with Gasteiger partial charge in [0.05, 0.1) is 6.61 Å². The first-order valence-corrected chi connectivity index (χ1v) is 8.05. The topological polar surface area (TPSA) is 43.4 Å². The van der Waals surface area contributed by atoms with Crippen LogP contribution in [0, 0.1) is 11.8 Å². The van der Waals surface area contributed by atoms with Gasteiger partial charge in [-0.2, -0.15) is 0 Å². The second-order valence-electron chi connectivity index (χ2n) is 6.27. The van der Waals surface area contributed by atoms with Crippen molar-refractivity contribution in [1.82, 2.24) is 0 Å². The Morgan fingerprint density at radius 2 is 1.50 bits per heavy atom. The highest BCUT2D eigenvalue weighted by Gasteiger charge is 2.07. The maximum atomic E-state index is 11.6. The number of hydrogen-bond donors (Lipinski definition) is 0. The van der Waals surface area contributed by atoms with Crippen LogP contribution in [0.15, 0.2) is 0 Å². The summed E-state index contributed by atoms with van der Waals surface area (Å²) in [6.07, 6.45) is 5.65. The molecule has 0 amide bonds. The van der Waals surface area contributed by atoms with Gasteiger partial charge in [0.15, 0.2) is 0 Å². The summed E-state index contributed by atoms with van der Waals surface area (Å²) in [6.45, 7) is 9.51. The molecule has 0 radical (unpaired) electrons. The molecule has 0 rings (SSSR count). The first kappa shape index (κ1) is 19.3. The summed E-state index contributed by atoms with van der Waals surface area (Å²) in [5, 5.41) is 0. The molecule has 0 atom stereocenters. The van der Waals surface area contributed by atoms with Crippen LogP contribution < -0.4 is 0 Å². The van der Waals surface area contributed by atoms with Crippen LogP contribution in [0.5, 0.6) is 0 Å². The van der Waals surface area contributed by atoms with Crippen molar-refractivity contribution in [1.29, 1.82) is 0 Å². The third kappa shape index (κ3) is 12.3. The lowest BCUT2D eigenvalue weighted by Crippen LogP contribution is -2.07. The van der Waals surface area contributed by atoms with E-state index in [2.05, 4.69) is 13.8 Å². The number of ether oxygens (including phenoxy) is 1. The van der Waals surface area contributed by atoms with Crippen molar-refractivity contribution in [2.45, 2.75) is 72.6 Å². The molecule has 0 saturated heterocycles. The van der Waals surface area contributed by atoms with Crippen molar-refractivity contribution < 1.29 is 14.3 Å². The molecular formula is C17H32O3. The average molecular weight is 284 g/mol. The summed E-state index contributed by atoms with van der Waals surface area (Å²) in [6, 6.07) is 0. The van der Waals surface area contributed by atoms with Crippen LogP contribution >= 0.6 is 0 Å². The van der Waals surface area contributed by atoms with Crippen LogP contribution in [0.2, 0.25) is 0 Å². The van der Waals surface area contributed by atoms with Crippen LogP contribution in [-0.4, -0.2) is 24.8 Å². The molecule has 0 spiro atoms. The van der Waals surface area contributed by atoms with Crippen LogP contribution in [0.1, 0.15) is 72.6 Å². The van der Waals surface area contributed by atoms with E-state index in [4.69, 9.17) is 4.74 Å². The van der Waals surface area contributed by atoms with E-state index in [9.17, 15) is 9.59 Å². The SMILES string of the molecule is CC(C)CCOCCC(=O)CCCCCC(=O)C(C)C. The van der Waals surface area contributed by atoms with Crippen LogP contribution in [0.25, 0.3) is 0 Å². The highest BCUT2D eigenvalue weighted by atomic mass is 16.5. The molecule has 118 valence electrons. The summed E-state index contributed by atoms with van der Waals surface area (Å²) >= 11 is 0. The number of rotatable bonds is 13. The van der Waals surface area contributed by atoms with Crippen LogP contribution in [-0.2, 0) is 14.3 Å². The molecule has 0 aromatic carbocycles. The van der Waals surface area contributed by atoms with E-state index < -0.39 is 0 Å². The number of carbonyl (C=O) groups is 2. The predicted molar refractivity (Wildman–Crippen MR) is 82.8 cm³/mol. The van der Waals surface area contributed by atoms with Crippen molar-refractivity contribution >= 4 is 11.6 Å². The van der Waals surface area contributed by atoms with Crippen molar-refractivity contribution in [3.05, 3.63) is 0 Å². The summed E-state index contributed by atoms with van der Waals surface area (Å²) in [7, 11) is 0. The molecule has 0 fully saturated rings. The van der Waals surface area contributed by atoms with Crippen LogP contribution in [0.3, 0.4) is 0 Å². The maximum Gasteiger partial charge on any atom is 0.135 e. The zero-order valence-electron chi connectivity index (χ0n) is 13.7. The normalized spacial score (nSPS) is 11.3. The number of unbranched alkanes of at least 4 members (excludes halogenated alkanes) is 2. The lowest BCUT2D eigenvalue weighted by atomic mass is 10.0. The average Bonchev–Trinajstić information content (AvgIpc) is 2.37. The highest BCUT2D eigenvalue weighted by Crippen LogP contribution is 2.08. The molecule has 3 heteroatoms. The van der Waals surface area contributed by atoms with Crippen molar-refractivity contribution in [2.75, 3.05) is 13.2 Å². The summed E-state index contributed by atoms with van der Waals surface area (Å²) < 4.78 is 5.43. The van der Waals surface area contributed by atoms with Gasteiger partial charge in [-0.25, -0.2) is 0 Å². The van der Waals surface area contributed by atoms with E-state index in [0.29, 0.717) is 37.6 Å². The lowest BCUT2D eigenvalue weighted by Gasteiger charge is -2.06. The van der Waals surface area contributed by atoms with Gasteiger partial charge in [0.2, 0.25) is 0 Å². The summed E-state index contributed by atoms with van der Waals surface area (Å²) in [5.74, 6) is 1.40. The Morgan fingerprint density at radius 3 is 2.10 bits per heavy atom. The van der Waals surface area contributed by atoms with Gasteiger partial charge in [-0.1, -0.05) is 34.1 Å². The van der Waals surface area contributed by atoms with E-state index in [0.717, 1.165) is 32.3 Å². The highest BCUT2D eigenvalue weighted by molar-refractivity contribution is 5.80. The number of carbonyl (C=O) groups excluding carboxylic acids is 2. The Bertz CT molecular complexity index is 269. The molecular weight excluding hydrogens is 252 g/mol. The van der Waals surface area contributed by atoms with Crippen molar-refractivity contribution in [3.63, 3.8) is 0 Å². The Balaban J connectivity index is 3.35. The van der Waals surface area contributed by atoms with Gasteiger partial charge >= 0.3 is 0 Å². The molecule has 20 heavy (non-hydrogen) atoms. The fraction of sp³-hybridized carbons (Fsp3) is 0.882. The molecule has 3 nitrogen and oxygen atoms in total. The third-order valence-corrected chi connectivity index (χ3v) is 3.39. The van der Waals surface area contributed by atoms with Gasteiger partial charge in [0.1, 0.15) is 11.6 Å². The predicted octanol–water partition coefficient (Wildman–Crippen LogP) is 4.18. The number of ketones is 2. The molecule has 0 aliphatic heterocycles. The molecule has 0 aromatic heterocycles. The van der Waals surface area contributed by atoms with Gasteiger partial charge in [-0.15, -0.1) is 0 Å². The van der Waals surface area contributed by atoms with Gasteiger partial charge in [0, 0.05) is 31.8 Å². The zero-order valence-corrected chi connectivity index (χ0v) is 13.7. The first-order valence-electron chi connectivity index (χ1n) is 8.05. The monoisotopic (exact) mass is 284 g/mol. The molecule has 0 aromatic rings. The van der Waals surface area contributed by atoms with Crippen molar-refractivity contribution in [3.8, 4) is 0 Å². The minimum absolute atomic E-state index is 0.139. The van der Waals surface area contributed by atoms with Gasteiger partial charge in [0.25, 0.3) is 0 Å². The maximum absolute atomic E-state index is 11.6. The molecule has 0 N–H and O–H groups in total. The molecule has 0 unspecified atom stereocenters. The summed E-state index contributed by atoms with van der Waals surface area (Å²) in [5.41, 5.74) is 0. The Hall–Kier alpha value is -0.700. The number of hydrogen-bond acceptors (Lipinski definition) is 3. The Labute approximate surface area is 124 Å². The smallest absolute Gasteiger partial charge is 0.135 e. The first-order chi connectivity index (χ1) is 9.43. The fourth-order valence-corrected chi connectivity index (χ4v) is 1.82. The zero-order chi connectivity index (χ0) is 15.4. The Morgan fingerprint density at radius 1 is 0.850 bits per heavy atom. The Kier molecular flexibility index (Phi) is 11.6. The largest absolute Gasteiger partial charge is 0.381 e. The molecule has 0 bridgehead atoms. The van der Waals surface area contributed by atoms with Gasteiger partial charge < -0.3 is 4.74 Å². The second kappa shape index (κ2) is 12.1. The summed E-state index contributed by atoms with van der Waals surface area (Å²) in [4.78, 5) is 23.0.